The molecule has 0 aromatic heterocycles. The molecule has 2 rings (SSSR count). The van der Waals surface area contributed by atoms with E-state index in [1.807, 2.05) is 0 Å². The van der Waals surface area contributed by atoms with Gasteiger partial charge in [0.15, 0.2) is 0 Å². The molecule has 28 heavy (non-hydrogen) atoms. The minimum absolute atomic E-state index is 0.0597. The molecule has 0 heterocycles. The Labute approximate surface area is 160 Å². The van der Waals surface area contributed by atoms with Crippen molar-refractivity contribution in [2.24, 2.45) is 0 Å². The maximum Gasteiger partial charge on any atom is 0.416 e. The van der Waals surface area contributed by atoms with Crippen LogP contribution in [0.1, 0.15) is 21.5 Å². The first-order chi connectivity index (χ1) is 13.1. The summed E-state index contributed by atoms with van der Waals surface area (Å²) >= 11 is 0. The second-order valence-electron chi connectivity index (χ2n) is 6.15. The lowest BCUT2D eigenvalue weighted by Crippen LogP contribution is -2.17. The fourth-order valence-electron chi connectivity index (χ4n) is 2.44. The average molecular weight is 391 g/mol. The lowest BCUT2D eigenvalue weighted by molar-refractivity contribution is -0.137. The first-order valence-electron chi connectivity index (χ1n) is 8.31. The molecular formula is C20H20F3N3O2. The highest BCUT2D eigenvalue weighted by atomic mass is 19.4. The van der Waals surface area contributed by atoms with Gasteiger partial charge >= 0.3 is 6.18 Å². The molecule has 0 saturated heterocycles. The van der Waals surface area contributed by atoms with E-state index in [0.717, 1.165) is 12.1 Å². The highest BCUT2D eigenvalue weighted by Gasteiger charge is 2.31. The number of hydrogen-bond donors (Lipinski definition) is 2. The Hall–Kier alpha value is -3.29. The second kappa shape index (κ2) is 8.60. The van der Waals surface area contributed by atoms with E-state index >= 15 is 0 Å². The minimum Gasteiger partial charge on any atom is -0.376 e. The lowest BCUT2D eigenvalue weighted by Gasteiger charge is -2.19. The van der Waals surface area contributed by atoms with Crippen LogP contribution in [0.25, 0.3) is 6.08 Å². The predicted molar refractivity (Wildman–Crippen MR) is 103 cm³/mol. The van der Waals surface area contributed by atoms with Crippen molar-refractivity contribution in [3.05, 3.63) is 65.2 Å². The third-order valence-electron chi connectivity index (χ3n) is 3.89. The van der Waals surface area contributed by atoms with Crippen LogP contribution >= 0.6 is 0 Å². The summed E-state index contributed by atoms with van der Waals surface area (Å²) in [6, 6.07) is 9.70. The van der Waals surface area contributed by atoms with E-state index in [9.17, 15) is 22.8 Å². The molecule has 0 bridgehead atoms. The van der Waals surface area contributed by atoms with Crippen molar-refractivity contribution >= 4 is 29.3 Å². The number of carbonyl (C=O) groups is 2. The normalized spacial score (nSPS) is 11.4. The summed E-state index contributed by atoms with van der Waals surface area (Å²) in [7, 11) is 4.86. The standard InChI is InChI=1S/C20H20F3N3O2/c1-24-19(28)14-7-4-13(5-8-14)6-11-18(27)25-16-12-15(20(21,22)23)9-10-17(16)26(2)3/h4-12H,1-3H3,(H,24,28)(H,25,27)/b11-6+. The van der Waals surface area contributed by atoms with Gasteiger partial charge in [0.25, 0.3) is 5.91 Å². The van der Waals surface area contributed by atoms with Crippen LogP contribution in [-0.4, -0.2) is 33.0 Å². The van der Waals surface area contributed by atoms with Gasteiger partial charge in [-0.1, -0.05) is 12.1 Å². The maximum absolute atomic E-state index is 13.0. The summed E-state index contributed by atoms with van der Waals surface area (Å²) in [6.45, 7) is 0. The molecule has 5 nitrogen and oxygen atoms in total. The van der Waals surface area contributed by atoms with E-state index in [2.05, 4.69) is 10.6 Å². The summed E-state index contributed by atoms with van der Waals surface area (Å²) in [5.74, 6) is -0.799. The molecule has 8 heteroatoms. The van der Waals surface area contributed by atoms with Crippen LogP contribution < -0.4 is 15.5 Å². The van der Waals surface area contributed by atoms with E-state index < -0.39 is 17.6 Å². The van der Waals surface area contributed by atoms with Crippen LogP contribution in [0.2, 0.25) is 0 Å². The SMILES string of the molecule is CNC(=O)c1ccc(/C=C/C(=O)Nc2cc(C(F)(F)F)ccc2N(C)C)cc1. The number of halogens is 3. The average Bonchev–Trinajstić information content (AvgIpc) is 2.65. The number of nitrogens with zero attached hydrogens (tertiary/aromatic N) is 1. The van der Waals surface area contributed by atoms with Crippen LogP contribution in [0.5, 0.6) is 0 Å². The fourth-order valence-corrected chi connectivity index (χ4v) is 2.44. The van der Waals surface area contributed by atoms with Gasteiger partial charge in [-0.05, 0) is 42.0 Å². The third kappa shape index (κ3) is 5.35. The number of alkyl halides is 3. The Morgan fingerprint density at radius 2 is 1.68 bits per heavy atom. The number of hydrogen-bond acceptors (Lipinski definition) is 3. The molecule has 0 spiro atoms. The monoisotopic (exact) mass is 391 g/mol. The Morgan fingerprint density at radius 1 is 1.04 bits per heavy atom. The summed E-state index contributed by atoms with van der Waals surface area (Å²) in [6.07, 6.45) is -1.78. The smallest absolute Gasteiger partial charge is 0.376 e. The molecule has 0 aliphatic carbocycles. The molecule has 148 valence electrons. The van der Waals surface area contributed by atoms with Crippen molar-refractivity contribution in [1.29, 1.82) is 0 Å². The van der Waals surface area contributed by atoms with Crippen LogP contribution in [0.4, 0.5) is 24.5 Å². The quantitative estimate of drug-likeness (QED) is 0.763. The van der Waals surface area contributed by atoms with Gasteiger partial charge in [0, 0.05) is 32.8 Å². The zero-order valence-electron chi connectivity index (χ0n) is 15.6. The number of benzene rings is 2. The van der Waals surface area contributed by atoms with Crippen LogP contribution in [0.3, 0.4) is 0 Å². The molecule has 2 aromatic rings. The molecule has 0 saturated carbocycles. The van der Waals surface area contributed by atoms with Crippen molar-refractivity contribution in [3.63, 3.8) is 0 Å². The van der Waals surface area contributed by atoms with Gasteiger partial charge in [0.2, 0.25) is 5.91 Å². The Morgan fingerprint density at radius 3 is 2.21 bits per heavy atom. The Balaban J connectivity index is 2.17. The van der Waals surface area contributed by atoms with E-state index in [0.29, 0.717) is 16.8 Å². The molecule has 0 unspecified atom stereocenters. The van der Waals surface area contributed by atoms with Crippen LogP contribution in [0, 0.1) is 0 Å². The van der Waals surface area contributed by atoms with Crippen molar-refractivity contribution in [2.75, 3.05) is 31.4 Å². The van der Waals surface area contributed by atoms with Gasteiger partial charge in [-0.3, -0.25) is 9.59 Å². The molecule has 2 amide bonds. The number of rotatable bonds is 5. The van der Waals surface area contributed by atoms with Crippen LogP contribution in [0.15, 0.2) is 48.5 Å². The largest absolute Gasteiger partial charge is 0.416 e. The van der Waals surface area contributed by atoms with Gasteiger partial charge in [-0.25, -0.2) is 0 Å². The van der Waals surface area contributed by atoms with E-state index in [4.69, 9.17) is 0 Å². The zero-order valence-corrected chi connectivity index (χ0v) is 15.6. The summed E-state index contributed by atoms with van der Waals surface area (Å²) in [4.78, 5) is 25.3. The summed E-state index contributed by atoms with van der Waals surface area (Å²) < 4.78 is 38.9. The molecule has 0 atom stereocenters. The number of anilines is 2. The van der Waals surface area contributed by atoms with Gasteiger partial charge < -0.3 is 15.5 Å². The van der Waals surface area contributed by atoms with E-state index in [1.165, 1.54) is 25.3 Å². The van der Waals surface area contributed by atoms with Gasteiger partial charge in [0.1, 0.15) is 0 Å². The molecule has 2 aromatic carbocycles. The van der Waals surface area contributed by atoms with Crippen molar-refractivity contribution in [3.8, 4) is 0 Å². The molecular weight excluding hydrogens is 371 g/mol. The third-order valence-corrected chi connectivity index (χ3v) is 3.89. The lowest BCUT2D eigenvalue weighted by atomic mass is 10.1. The predicted octanol–water partition coefficient (Wildman–Crippen LogP) is 3.78. The first kappa shape index (κ1) is 21.0. The second-order valence-corrected chi connectivity index (χ2v) is 6.15. The van der Waals surface area contributed by atoms with Crippen molar-refractivity contribution in [1.82, 2.24) is 5.32 Å². The highest BCUT2D eigenvalue weighted by Crippen LogP contribution is 2.34. The molecule has 0 fully saturated rings. The van der Waals surface area contributed by atoms with Gasteiger partial charge in [0.05, 0.1) is 16.9 Å². The topological polar surface area (TPSA) is 61.4 Å². The minimum atomic E-state index is -4.51. The van der Waals surface area contributed by atoms with Crippen molar-refractivity contribution < 1.29 is 22.8 Å². The van der Waals surface area contributed by atoms with Gasteiger partial charge in [-0.15, -0.1) is 0 Å². The zero-order chi connectivity index (χ0) is 20.9. The van der Waals surface area contributed by atoms with E-state index in [1.54, 1.807) is 43.3 Å². The summed E-state index contributed by atoms with van der Waals surface area (Å²) in [5.41, 5.74) is 0.805. The fraction of sp³-hybridized carbons (Fsp3) is 0.200. The first-order valence-corrected chi connectivity index (χ1v) is 8.31. The molecule has 2 N–H and O–H groups in total. The molecule has 0 aliphatic rings. The van der Waals surface area contributed by atoms with Crippen LogP contribution in [-0.2, 0) is 11.0 Å². The molecule has 0 radical (unpaired) electrons. The maximum atomic E-state index is 13.0. The Bertz CT molecular complexity index is 889. The van der Waals surface area contributed by atoms with E-state index in [-0.39, 0.29) is 11.6 Å². The van der Waals surface area contributed by atoms with Gasteiger partial charge in [-0.2, -0.15) is 13.2 Å². The highest BCUT2D eigenvalue weighted by molar-refractivity contribution is 6.04. The van der Waals surface area contributed by atoms with Crippen molar-refractivity contribution in [2.45, 2.75) is 6.18 Å². The number of carbonyl (C=O) groups excluding carboxylic acids is 2. The number of nitrogens with one attached hydrogen (secondary N) is 2. The number of amides is 2. The summed E-state index contributed by atoms with van der Waals surface area (Å²) in [5, 5.41) is 4.98. The molecule has 0 aliphatic heterocycles. The Kier molecular flexibility index (Phi) is 6.45.